The largest absolute Gasteiger partial charge is 0.401 e. The van der Waals surface area contributed by atoms with Crippen molar-refractivity contribution in [2.24, 2.45) is 4.99 Å². The fraction of sp³-hybridized carbons (Fsp3) is 0.500. The molecule has 1 unspecified atom stereocenters. The number of aromatic amines is 1. The molecule has 1 atom stereocenters. The van der Waals surface area contributed by atoms with Gasteiger partial charge < -0.3 is 15.6 Å². The second-order valence-electron chi connectivity index (χ2n) is 6.56. The quantitative estimate of drug-likeness (QED) is 0.339. The summed E-state index contributed by atoms with van der Waals surface area (Å²) in [7, 11) is 0. The van der Waals surface area contributed by atoms with Crippen molar-refractivity contribution in [3.05, 3.63) is 36.0 Å². The monoisotopic (exact) mass is 495 g/mol. The molecule has 150 valence electrons. The lowest BCUT2D eigenvalue weighted by Crippen LogP contribution is -2.45. The first kappa shape index (κ1) is 21.8. The van der Waals surface area contributed by atoms with Crippen molar-refractivity contribution in [1.82, 2.24) is 20.5 Å². The molecule has 3 rings (SSSR count). The van der Waals surface area contributed by atoms with Crippen LogP contribution in [0.5, 0.6) is 0 Å². The fourth-order valence-corrected chi connectivity index (χ4v) is 3.24. The van der Waals surface area contributed by atoms with Crippen LogP contribution < -0.4 is 10.6 Å². The van der Waals surface area contributed by atoms with Crippen molar-refractivity contribution in [1.29, 1.82) is 0 Å². The number of alkyl halides is 3. The third-order valence-electron chi connectivity index (χ3n) is 4.35. The van der Waals surface area contributed by atoms with E-state index in [9.17, 15) is 13.2 Å². The van der Waals surface area contributed by atoms with Gasteiger partial charge >= 0.3 is 6.18 Å². The Labute approximate surface area is 173 Å². The molecular formula is C18H25F3IN5. The average Bonchev–Trinajstić information content (AvgIpc) is 3.17. The molecule has 27 heavy (non-hydrogen) atoms. The van der Waals surface area contributed by atoms with Crippen molar-refractivity contribution >= 4 is 40.8 Å². The van der Waals surface area contributed by atoms with E-state index in [-0.39, 0.29) is 30.0 Å². The summed E-state index contributed by atoms with van der Waals surface area (Å²) in [5.41, 5.74) is 2.06. The number of hydrogen-bond acceptors (Lipinski definition) is 2. The molecule has 1 aliphatic heterocycles. The summed E-state index contributed by atoms with van der Waals surface area (Å²) >= 11 is 0. The van der Waals surface area contributed by atoms with Crippen LogP contribution in [-0.2, 0) is 6.54 Å². The summed E-state index contributed by atoms with van der Waals surface area (Å²) in [5, 5.41) is 7.55. The van der Waals surface area contributed by atoms with Gasteiger partial charge in [0.25, 0.3) is 0 Å². The minimum absolute atomic E-state index is 0. The predicted molar refractivity (Wildman–Crippen MR) is 113 cm³/mol. The predicted octanol–water partition coefficient (Wildman–Crippen LogP) is 3.48. The molecule has 2 aromatic rings. The van der Waals surface area contributed by atoms with Gasteiger partial charge in [-0.1, -0.05) is 18.2 Å². The van der Waals surface area contributed by atoms with E-state index >= 15 is 0 Å². The molecule has 0 bridgehead atoms. The van der Waals surface area contributed by atoms with Gasteiger partial charge in [-0.05, 0) is 30.9 Å². The van der Waals surface area contributed by atoms with Crippen LogP contribution in [0.15, 0.2) is 35.3 Å². The zero-order chi connectivity index (χ0) is 18.6. The Morgan fingerprint density at radius 1 is 1.33 bits per heavy atom. The summed E-state index contributed by atoms with van der Waals surface area (Å²) in [4.78, 5) is 9.32. The number of nitrogens with one attached hydrogen (secondary N) is 3. The van der Waals surface area contributed by atoms with Gasteiger partial charge in [0.15, 0.2) is 5.96 Å². The molecule has 3 N–H and O–H groups in total. The van der Waals surface area contributed by atoms with E-state index in [4.69, 9.17) is 0 Å². The summed E-state index contributed by atoms with van der Waals surface area (Å²) < 4.78 is 37.5. The third kappa shape index (κ3) is 6.56. The molecule has 0 aliphatic carbocycles. The van der Waals surface area contributed by atoms with Crippen LogP contribution in [0.2, 0.25) is 0 Å². The molecule has 1 aromatic heterocycles. The van der Waals surface area contributed by atoms with Crippen LogP contribution in [0.25, 0.3) is 10.9 Å². The lowest BCUT2D eigenvalue weighted by Gasteiger charge is -2.19. The van der Waals surface area contributed by atoms with Crippen molar-refractivity contribution in [2.45, 2.75) is 32.1 Å². The number of aromatic nitrogens is 1. The van der Waals surface area contributed by atoms with E-state index in [0.29, 0.717) is 38.6 Å². The molecule has 1 fully saturated rings. The first-order valence-corrected chi connectivity index (χ1v) is 8.83. The van der Waals surface area contributed by atoms with Gasteiger partial charge in [-0.15, -0.1) is 24.0 Å². The van der Waals surface area contributed by atoms with Crippen molar-refractivity contribution in [2.75, 3.05) is 26.2 Å². The highest BCUT2D eigenvalue weighted by Gasteiger charge is 2.34. The maximum Gasteiger partial charge on any atom is 0.401 e. The molecule has 0 spiro atoms. The Hall–Kier alpha value is -1.49. The topological polar surface area (TPSA) is 55.5 Å². The van der Waals surface area contributed by atoms with Gasteiger partial charge in [-0.2, -0.15) is 13.2 Å². The summed E-state index contributed by atoms with van der Waals surface area (Å²) in [6.07, 6.45) is -3.48. The second kappa shape index (κ2) is 9.63. The molecule has 0 saturated carbocycles. The highest BCUT2D eigenvalue weighted by molar-refractivity contribution is 14.0. The van der Waals surface area contributed by atoms with Crippen molar-refractivity contribution in [3.8, 4) is 0 Å². The van der Waals surface area contributed by atoms with Crippen LogP contribution >= 0.6 is 24.0 Å². The van der Waals surface area contributed by atoms with Crippen LogP contribution in [0.4, 0.5) is 13.2 Å². The number of hydrogen-bond donors (Lipinski definition) is 3. The van der Waals surface area contributed by atoms with Crippen LogP contribution in [0, 0.1) is 0 Å². The minimum Gasteiger partial charge on any atom is -0.357 e. The standard InChI is InChI=1S/C18H24F3N5.HI/c1-2-22-17(25-14-7-8-26(11-14)12-18(19,20)21)23-10-15-9-13-5-3-4-6-16(13)24-15;/h3-6,9,14,24H,2,7-8,10-12H2,1H3,(H2,22,23,25);1H. The molecule has 1 saturated heterocycles. The molecule has 0 radical (unpaired) electrons. The van der Waals surface area contributed by atoms with Gasteiger partial charge in [-0.3, -0.25) is 4.90 Å². The van der Waals surface area contributed by atoms with E-state index < -0.39 is 12.7 Å². The molecule has 1 aromatic carbocycles. The third-order valence-corrected chi connectivity index (χ3v) is 4.35. The maximum absolute atomic E-state index is 12.5. The first-order valence-electron chi connectivity index (χ1n) is 8.83. The Balaban J connectivity index is 0.00000261. The number of para-hydroxylation sites is 1. The summed E-state index contributed by atoms with van der Waals surface area (Å²) in [6, 6.07) is 10.0. The van der Waals surface area contributed by atoms with Gasteiger partial charge in [-0.25, -0.2) is 4.99 Å². The van der Waals surface area contributed by atoms with E-state index in [1.807, 2.05) is 31.2 Å². The highest BCUT2D eigenvalue weighted by atomic mass is 127. The number of halogens is 4. The molecular weight excluding hydrogens is 470 g/mol. The molecule has 5 nitrogen and oxygen atoms in total. The number of fused-ring (bicyclic) bond motifs is 1. The Morgan fingerprint density at radius 3 is 2.81 bits per heavy atom. The Kier molecular flexibility index (Phi) is 7.78. The zero-order valence-corrected chi connectivity index (χ0v) is 17.5. The number of H-pyrrole nitrogens is 1. The van der Waals surface area contributed by atoms with Gasteiger partial charge in [0.2, 0.25) is 0 Å². The Bertz CT molecular complexity index is 726. The van der Waals surface area contributed by atoms with Gasteiger partial charge in [0, 0.05) is 36.9 Å². The summed E-state index contributed by atoms with van der Waals surface area (Å²) in [5.74, 6) is 0.630. The number of guanidine groups is 1. The van der Waals surface area contributed by atoms with Crippen LogP contribution in [0.3, 0.4) is 0 Å². The van der Waals surface area contributed by atoms with Crippen LogP contribution in [-0.4, -0.2) is 54.2 Å². The highest BCUT2D eigenvalue weighted by Crippen LogP contribution is 2.20. The number of benzene rings is 1. The molecule has 2 heterocycles. The minimum atomic E-state index is -4.15. The molecule has 0 amide bonds. The summed E-state index contributed by atoms with van der Waals surface area (Å²) in [6.45, 7) is 3.09. The number of aliphatic imine (C=N–C) groups is 1. The van der Waals surface area contributed by atoms with E-state index in [2.05, 4.69) is 26.7 Å². The SMILES string of the molecule is CCNC(=NCc1cc2ccccc2[nH]1)NC1CCN(CC(F)(F)F)C1.I. The van der Waals surface area contributed by atoms with Crippen molar-refractivity contribution in [3.63, 3.8) is 0 Å². The molecule has 1 aliphatic rings. The normalized spacial score (nSPS) is 18.5. The van der Waals surface area contributed by atoms with Gasteiger partial charge in [0.1, 0.15) is 0 Å². The lowest BCUT2D eigenvalue weighted by atomic mass is 10.2. The van der Waals surface area contributed by atoms with E-state index in [1.54, 1.807) is 0 Å². The second-order valence-corrected chi connectivity index (χ2v) is 6.56. The average molecular weight is 495 g/mol. The molecule has 9 heteroatoms. The van der Waals surface area contributed by atoms with E-state index in [1.165, 1.54) is 4.90 Å². The van der Waals surface area contributed by atoms with E-state index in [0.717, 1.165) is 16.6 Å². The number of nitrogens with zero attached hydrogens (tertiary/aromatic N) is 2. The maximum atomic E-state index is 12.5. The van der Waals surface area contributed by atoms with Crippen LogP contribution in [0.1, 0.15) is 19.0 Å². The fourth-order valence-electron chi connectivity index (χ4n) is 3.24. The van der Waals surface area contributed by atoms with Crippen molar-refractivity contribution < 1.29 is 13.2 Å². The Morgan fingerprint density at radius 2 is 2.11 bits per heavy atom. The lowest BCUT2D eigenvalue weighted by molar-refractivity contribution is -0.143. The smallest absolute Gasteiger partial charge is 0.357 e. The number of likely N-dealkylation sites (tertiary alicyclic amines) is 1. The first-order chi connectivity index (χ1) is 12.4. The zero-order valence-electron chi connectivity index (χ0n) is 15.1. The number of rotatable bonds is 5. The van der Waals surface area contributed by atoms with Gasteiger partial charge in [0.05, 0.1) is 13.1 Å².